The van der Waals surface area contributed by atoms with Crippen LogP contribution in [0.5, 0.6) is 11.5 Å². The summed E-state index contributed by atoms with van der Waals surface area (Å²) in [5.74, 6) is 0.543. The van der Waals surface area contributed by atoms with Crippen molar-refractivity contribution < 1.29 is 23.8 Å². The molecule has 0 unspecified atom stereocenters. The van der Waals surface area contributed by atoms with Crippen LogP contribution >= 0.6 is 23.4 Å². The van der Waals surface area contributed by atoms with Gasteiger partial charge in [-0.3, -0.25) is 14.5 Å². The molecule has 0 atom stereocenters. The Balaban J connectivity index is 1.91. The van der Waals surface area contributed by atoms with E-state index in [4.69, 9.17) is 25.8 Å². The summed E-state index contributed by atoms with van der Waals surface area (Å²) in [5.41, 5.74) is 1.55. The summed E-state index contributed by atoms with van der Waals surface area (Å²) in [5, 5.41) is 0.719. The Kier molecular flexibility index (Phi) is 8.41. The van der Waals surface area contributed by atoms with Gasteiger partial charge in [-0.05, 0) is 62.7 Å². The van der Waals surface area contributed by atoms with Crippen LogP contribution in [0.25, 0.3) is 6.08 Å². The summed E-state index contributed by atoms with van der Waals surface area (Å²) in [6.07, 6.45) is 1.76. The van der Waals surface area contributed by atoms with Crippen LogP contribution in [0.15, 0.2) is 53.2 Å². The zero-order valence-corrected chi connectivity index (χ0v) is 20.4. The molecule has 0 aliphatic carbocycles. The fraction of sp³-hybridized carbons (Fsp3) is 0.292. The number of aliphatic imine (C=N–C) groups is 1. The van der Waals surface area contributed by atoms with Crippen LogP contribution in [-0.2, 0) is 14.3 Å². The van der Waals surface area contributed by atoms with Crippen molar-refractivity contribution in [1.82, 2.24) is 0 Å². The van der Waals surface area contributed by atoms with Gasteiger partial charge in [0.15, 0.2) is 5.17 Å². The fourth-order valence-corrected chi connectivity index (χ4v) is 4.08. The quantitative estimate of drug-likeness (QED) is 0.376. The van der Waals surface area contributed by atoms with Gasteiger partial charge in [-0.15, -0.1) is 0 Å². The third kappa shape index (κ3) is 6.30. The number of rotatable bonds is 8. The molecule has 7 nitrogen and oxygen atoms in total. The average Bonchev–Trinajstić information content (AvgIpc) is 3.08. The number of hydrogen-bond donors (Lipinski definition) is 0. The monoisotopic (exact) mass is 488 g/mol. The first-order valence-corrected chi connectivity index (χ1v) is 11.7. The van der Waals surface area contributed by atoms with Gasteiger partial charge in [0.1, 0.15) is 17.2 Å². The van der Waals surface area contributed by atoms with Gasteiger partial charge >= 0.3 is 5.97 Å². The predicted octanol–water partition coefficient (Wildman–Crippen LogP) is 5.18. The minimum atomic E-state index is -0.386. The van der Waals surface area contributed by atoms with Crippen molar-refractivity contribution in [2.45, 2.75) is 26.9 Å². The summed E-state index contributed by atoms with van der Waals surface area (Å²) in [4.78, 5) is 31.1. The highest BCUT2D eigenvalue weighted by Crippen LogP contribution is 2.34. The van der Waals surface area contributed by atoms with Crippen LogP contribution in [0.2, 0.25) is 5.02 Å². The second-order valence-corrected chi connectivity index (χ2v) is 8.56. The summed E-state index contributed by atoms with van der Waals surface area (Å²) in [7, 11) is 1.52. The van der Waals surface area contributed by atoms with Gasteiger partial charge in [-0.25, -0.2) is 4.99 Å². The molecule has 174 valence electrons. The van der Waals surface area contributed by atoms with E-state index in [1.54, 1.807) is 31.2 Å². The van der Waals surface area contributed by atoms with Crippen LogP contribution in [0.1, 0.15) is 26.3 Å². The molecular weight excluding hydrogens is 464 g/mol. The van der Waals surface area contributed by atoms with Crippen molar-refractivity contribution >= 4 is 52.2 Å². The second kappa shape index (κ2) is 11.2. The number of methoxy groups -OCH3 is 1. The Morgan fingerprint density at radius 2 is 1.94 bits per heavy atom. The molecule has 2 aromatic carbocycles. The molecule has 2 aromatic rings. The molecule has 0 saturated heterocycles. The van der Waals surface area contributed by atoms with Gasteiger partial charge in [0.05, 0.1) is 36.3 Å². The van der Waals surface area contributed by atoms with Crippen LogP contribution in [0.4, 0.5) is 5.69 Å². The fourth-order valence-electron chi connectivity index (χ4n) is 3.01. The van der Waals surface area contributed by atoms with Crippen molar-refractivity contribution in [3.63, 3.8) is 0 Å². The second-order valence-electron chi connectivity index (χ2n) is 7.21. The number of esters is 1. The van der Waals surface area contributed by atoms with Crippen LogP contribution in [0, 0.1) is 0 Å². The molecule has 1 aliphatic rings. The van der Waals surface area contributed by atoms with Crippen molar-refractivity contribution in [3.8, 4) is 11.5 Å². The van der Waals surface area contributed by atoms with Crippen molar-refractivity contribution in [3.05, 3.63) is 58.7 Å². The van der Waals surface area contributed by atoms with Crippen LogP contribution in [0.3, 0.4) is 0 Å². The average molecular weight is 489 g/mol. The number of amidine groups is 1. The number of benzene rings is 2. The zero-order chi connectivity index (χ0) is 24.0. The summed E-state index contributed by atoms with van der Waals surface area (Å²) < 4.78 is 15.9. The van der Waals surface area contributed by atoms with Gasteiger partial charge in [0.25, 0.3) is 5.91 Å². The van der Waals surface area contributed by atoms with Crippen molar-refractivity contribution in [2.75, 3.05) is 24.4 Å². The number of amides is 1. The maximum Gasteiger partial charge on any atom is 0.316 e. The summed E-state index contributed by atoms with van der Waals surface area (Å²) in [6.45, 7) is 5.93. The molecule has 0 N–H and O–H groups in total. The Bertz CT molecular complexity index is 1080. The first kappa shape index (κ1) is 24.7. The molecule has 1 aliphatic heterocycles. The van der Waals surface area contributed by atoms with E-state index in [1.807, 2.05) is 38.1 Å². The SMILES string of the molecule is CCOC(=O)CSC1=NC(=Cc2ccc(OC(C)C)cc2)C(=O)N1c1ccc(OC)c(Cl)c1. The zero-order valence-electron chi connectivity index (χ0n) is 18.8. The standard InChI is InChI=1S/C24H25ClN2O5S/c1-5-31-22(28)14-33-24-26-20(12-16-6-9-18(10-7-16)32-15(2)3)23(29)27(24)17-8-11-21(30-4)19(25)13-17/h6-13,15H,5,14H2,1-4H3. The number of halogens is 1. The van der Waals surface area contributed by atoms with E-state index >= 15 is 0 Å². The summed E-state index contributed by atoms with van der Waals surface area (Å²) >= 11 is 7.40. The van der Waals surface area contributed by atoms with Gasteiger partial charge in [-0.2, -0.15) is 0 Å². The predicted molar refractivity (Wildman–Crippen MR) is 132 cm³/mol. The molecule has 33 heavy (non-hydrogen) atoms. The summed E-state index contributed by atoms with van der Waals surface area (Å²) in [6, 6.07) is 12.4. The lowest BCUT2D eigenvalue weighted by Gasteiger charge is -2.18. The minimum Gasteiger partial charge on any atom is -0.495 e. The molecule has 0 fully saturated rings. The minimum absolute atomic E-state index is 0.0227. The molecule has 0 aromatic heterocycles. The Labute approximate surface area is 202 Å². The number of anilines is 1. The van der Waals surface area contributed by atoms with E-state index in [0.29, 0.717) is 21.6 Å². The maximum atomic E-state index is 13.3. The lowest BCUT2D eigenvalue weighted by atomic mass is 10.2. The molecule has 3 rings (SSSR count). The maximum absolute atomic E-state index is 13.3. The van der Waals surface area contributed by atoms with Gasteiger partial charge in [0, 0.05) is 0 Å². The lowest BCUT2D eigenvalue weighted by molar-refractivity contribution is -0.139. The van der Waals surface area contributed by atoms with Crippen LogP contribution in [-0.4, -0.2) is 42.6 Å². The van der Waals surface area contributed by atoms with E-state index < -0.39 is 0 Å². The number of carbonyl (C=O) groups is 2. The van der Waals surface area contributed by atoms with Gasteiger partial charge < -0.3 is 14.2 Å². The smallest absolute Gasteiger partial charge is 0.316 e. The first-order valence-electron chi connectivity index (χ1n) is 10.4. The van der Waals surface area contributed by atoms with E-state index in [1.165, 1.54) is 12.0 Å². The number of nitrogens with zero attached hydrogens (tertiary/aromatic N) is 2. The molecule has 0 spiro atoms. The highest BCUT2D eigenvalue weighted by molar-refractivity contribution is 8.14. The first-order chi connectivity index (χ1) is 15.8. The molecule has 0 bridgehead atoms. The van der Waals surface area contributed by atoms with E-state index in [9.17, 15) is 9.59 Å². The Hall–Kier alpha value is -2.97. The molecule has 1 amide bonds. The molecule has 1 heterocycles. The highest BCUT2D eigenvalue weighted by Gasteiger charge is 2.33. The van der Waals surface area contributed by atoms with Gasteiger partial charge in [0.2, 0.25) is 0 Å². The van der Waals surface area contributed by atoms with E-state index in [2.05, 4.69) is 4.99 Å². The number of carbonyl (C=O) groups excluding carboxylic acids is 2. The largest absolute Gasteiger partial charge is 0.495 e. The molecule has 0 saturated carbocycles. The third-order valence-corrected chi connectivity index (χ3v) is 5.61. The number of thioether (sulfide) groups is 1. The van der Waals surface area contributed by atoms with E-state index in [0.717, 1.165) is 23.1 Å². The number of ether oxygens (including phenoxy) is 3. The van der Waals surface area contributed by atoms with E-state index in [-0.39, 0.29) is 36.0 Å². The normalized spacial score (nSPS) is 14.6. The lowest BCUT2D eigenvalue weighted by Crippen LogP contribution is -2.31. The topological polar surface area (TPSA) is 77.4 Å². The van der Waals surface area contributed by atoms with Crippen molar-refractivity contribution in [1.29, 1.82) is 0 Å². The number of hydrogen-bond acceptors (Lipinski definition) is 7. The third-order valence-electron chi connectivity index (χ3n) is 4.40. The highest BCUT2D eigenvalue weighted by atomic mass is 35.5. The Morgan fingerprint density at radius 1 is 1.21 bits per heavy atom. The van der Waals surface area contributed by atoms with Crippen LogP contribution < -0.4 is 14.4 Å². The van der Waals surface area contributed by atoms with Gasteiger partial charge in [-0.1, -0.05) is 35.5 Å². The molecule has 0 radical (unpaired) electrons. The molecular formula is C24H25ClN2O5S. The van der Waals surface area contributed by atoms with Crippen molar-refractivity contribution in [2.24, 2.45) is 4.99 Å². The molecule has 9 heteroatoms. The Morgan fingerprint density at radius 3 is 2.55 bits per heavy atom.